The molecule has 0 aliphatic rings. The van der Waals surface area contributed by atoms with Crippen molar-refractivity contribution in [3.05, 3.63) is 12.4 Å². The summed E-state index contributed by atoms with van der Waals surface area (Å²) in [6.45, 7) is 4.32. The van der Waals surface area contributed by atoms with Gasteiger partial charge in [-0.15, -0.1) is 0 Å². The van der Waals surface area contributed by atoms with Gasteiger partial charge in [0.1, 0.15) is 0 Å². The van der Waals surface area contributed by atoms with Crippen molar-refractivity contribution < 1.29 is 0 Å². The smallest absolute Gasteiger partial charge is 0.200 e. The highest BCUT2D eigenvalue weighted by molar-refractivity contribution is 5.17. The van der Waals surface area contributed by atoms with E-state index in [-0.39, 0.29) is 0 Å². The summed E-state index contributed by atoms with van der Waals surface area (Å²) in [5.41, 5.74) is 5.64. The molecule has 11 heavy (non-hydrogen) atoms. The molecule has 0 aliphatic heterocycles. The molecule has 0 saturated carbocycles. The van der Waals surface area contributed by atoms with Crippen LogP contribution in [0, 0.1) is 0 Å². The van der Waals surface area contributed by atoms with E-state index in [0.717, 1.165) is 12.8 Å². The van der Waals surface area contributed by atoms with Crippen LogP contribution < -0.4 is 5.73 Å². The molecule has 0 unspecified atom stereocenters. The molecular weight excluding hydrogens is 138 g/mol. The fourth-order valence-corrected chi connectivity index (χ4v) is 1.32. The molecule has 0 amide bonds. The van der Waals surface area contributed by atoms with Crippen molar-refractivity contribution in [1.29, 1.82) is 0 Å². The molecule has 0 bridgehead atoms. The van der Waals surface area contributed by atoms with Crippen molar-refractivity contribution in [3.63, 3.8) is 0 Å². The number of nitrogens with two attached hydrogens (primary N) is 1. The molecule has 3 nitrogen and oxygen atoms in total. The fourth-order valence-electron chi connectivity index (χ4n) is 1.32. The first-order valence-electron chi connectivity index (χ1n) is 4.07. The quantitative estimate of drug-likeness (QED) is 0.719. The minimum Gasteiger partial charge on any atom is -0.369 e. The first kappa shape index (κ1) is 8.11. The largest absolute Gasteiger partial charge is 0.369 e. The summed E-state index contributed by atoms with van der Waals surface area (Å²) in [7, 11) is 0. The highest BCUT2D eigenvalue weighted by Crippen LogP contribution is 2.17. The number of imidazole rings is 1. The Morgan fingerprint density at radius 1 is 1.55 bits per heavy atom. The van der Waals surface area contributed by atoms with E-state index in [1.807, 2.05) is 10.8 Å². The topological polar surface area (TPSA) is 43.8 Å². The van der Waals surface area contributed by atoms with Gasteiger partial charge in [0.2, 0.25) is 0 Å². The summed E-state index contributed by atoms with van der Waals surface area (Å²) >= 11 is 0. The molecule has 0 spiro atoms. The standard InChI is InChI=1S/C8H15N3/c1-3-7(4-2)11-6-5-10-8(11)9/h5-7H,3-4H2,1-2H3,(H2,9,10). The zero-order valence-corrected chi connectivity index (χ0v) is 7.12. The summed E-state index contributed by atoms with van der Waals surface area (Å²) in [6, 6.07) is 0.512. The first-order chi connectivity index (χ1) is 5.29. The van der Waals surface area contributed by atoms with E-state index in [9.17, 15) is 0 Å². The van der Waals surface area contributed by atoms with E-state index < -0.39 is 0 Å². The number of nitrogen functional groups attached to an aromatic ring is 1. The Kier molecular flexibility index (Phi) is 2.52. The molecular formula is C8H15N3. The number of hydrogen-bond acceptors (Lipinski definition) is 2. The average molecular weight is 153 g/mol. The minimum atomic E-state index is 0.512. The molecule has 1 aromatic rings. The molecule has 0 atom stereocenters. The van der Waals surface area contributed by atoms with Gasteiger partial charge >= 0.3 is 0 Å². The predicted molar refractivity (Wildman–Crippen MR) is 46.3 cm³/mol. The van der Waals surface area contributed by atoms with Gasteiger partial charge < -0.3 is 10.3 Å². The lowest BCUT2D eigenvalue weighted by molar-refractivity contribution is 0.477. The van der Waals surface area contributed by atoms with Crippen LogP contribution in [0.15, 0.2) is 12.4 Å². The third-order valence-corrected chi connectivity index (χ3v) is 2.03. The van der Waals surface area contributed by atoms with Crippen molar-refractivity contribution in [1.82, 2.24) is 9.55 Å². The van der Waals surface area contributed by atoms with Crippen molar-refractivity contribution in [3.8, 4) is 0 Å². The summed E-state index contributed by atoms with van der Waals surface area (Å²) in [4.78, 5) is 3.97. The second kappa shape index (κ2) is 3.42. The average Bonchev–Trinajstić information content (AvgIpc) is 2.40. The van der Waals surface area contributed by atoms with E-state index in [1.54, 1.807) is 6.20 Å². The molecule has 0 saturated heterocycles. The van der Waals surface area contributed by atoms with Crippen LogP contribution in [-0.2, 0) is 0 Å². The molecule has 0 radical (unpaired) electrons. The maximum absolute atomic E-state index is 5.64. The number of anilines is 1. The summed E-state index contributed by atoms with van der Waals surface area (Å²) in [5, 5.41) is 0. The van der Waals surface area contributed by atoms with Crippen molar-refractivity contribution in [2.45, 2.75) is 32.7 Å². The van der Waals surface area contributed by atoms with E-state index in [4.69, 9.17) is 5.73 Å². The van der Waals surface area contributed by atoms with Gasteiger partial charge in [-0.05, 0) is 12.8 Å². The van der Waals surface area contributed by atoms with Gasteiger partial charge in [-0.3, -0.25) is 0 Å². The molecule has 0 aromatic carbocycles. The van der Waals surface area contributed by atoms with Crippen molar-refractivity contribution >= 4 is 5.95 Å². The fraction of sp³-hybridized carbons (Fsp3) is 0.625. The van der Waals surface area contributed by atoms with Gasteiger partial charge in [-0.2, -0.15) is 0 Å². The zero-order chi connectivity index (χ0) is 8.27. The van der Waals surface area contributed by atoms with E-state index in [0.29, 0.717) is 12.0 Å². The lowest BCUT2D eigenvalue weighted by atomic mass is 10.2. The van der Waals surface area contributed by atoms with Gasteiger partial charge in [-0.25, -0.2) is 4.98 Å². The third kappa shape index (κ3) is 1.53. The Labute approximate surface area is 67.2 Å². The molecule has 3 heteroatoms. The molecule has 62 valence electrons. The Morgan fingerprint density at radius 2 is 2.18 bits per heavy atom. The van der Waals surface area contributed by atoms with Gasteiger partial charge in [0.25, 0.3) is 0 Å². The highest BCUT2D eigenvalue weighted by Gasteiger charge is 2.07. The van der Waals surface area contributed by atoms with Gasteiger partial charge in [0, 0.05) is 18.4 Å². The maximum Gasteiger partial charge on any atom is 0.200 e. The van der Waals surface area contributed by atoms with Crippen LogP contribution in [0.25, 0.3) is 0 Å². The van der Waals surface area contributed by atoms with Crippen LogP contribution in [0.1, 0.15) is 32.7 Å². The normalized spacial score (nSPS) is 10.8. The number of rotatable bonds is 3. The monoisotopic (exact) mass is 153 g/mol. The lowest BCUT2D eigenvalue weighted by Crippen LogP contribution is -2.09. The van der Waals surface area contributed by atoms with Crippen molar-refractivity contribution in [2.75, 3.05) is 5.73 Å². The molecule has 0 fully saturated rings. The minimum absolute atomic E-state index is 0.512. The van der Waals surface area contributed by atoms with Gasteiger partial charge in [0.05, 0.1) is 0 Å². The second-order valence-electron chi connectivity index (χ2n) is 2.66. The van der Waals surface area contributed by atoms with E-state index >= 15 is 0 Å². The molecule has 1 heterocycles. The number of nitrogens with zero attached hydrogens (tertiary/aromatic N) is 2. The van der Waals surface area contributed by atoms with Gasteiger partial charge in [-0.1, -0.05) is 13.8 Å². The first-order valence-corrected chi connectivity index (χ1v) is 4.07. The van der Waals surface area contributed by atoms with Crippen LogP contribution >= 0.6 is 0 Å². The Bertz CT molecular complexity index is 213. The maximum atomic E-state index is 5.64. The molecule has 1 rings (SSSR count). The Morgan fingerprint density at radius 3 is 2.55 bits per heavy atom. The third-order valence-electron chi connectivity index (χ3n) is 2.03. The van der Waals surface area contributed by atoms with Crippen LogP contribution in [0.3, 0.4) is 0 Å². The lowest BCUT2D eigenvalue weighted by Gasteiger charge is -2.14. The molecule has 2 N–H and O–H groups in total. The van der Waals surface area contributed by atoms with Crippen LogP contribution in [0.2, 0.25) is 0 Å². The SMILES string of the molecule is CCC(CC)n1ccnc1N. The summed E-state index contributed by atoms with van der Waals surface area (Å²) in [5.74, 6) is 0.624. The Hall–Kier alpha value is -0.990. The Balaban J connectivity index is 2.81. The van der Waals surface area contributed by atoms with E-state index in [2.05, 4.69) is 18.8 Å². The number of aromatic nitrogens is 2. The molecule has 1 aromatic heterocycles. The van der Waals surface area contributed by atoms with Crippen molar-refractivity contribution in [2.24, 2.45) is 0 Å². The van der Waals surface area contributed by atoms with Crippen LogP contribution in [-0.4, -0.2) is 9.55 Å². The van der Waals surface area contributed by atoms with Gasteiger partial charge in [0.15, 0.2) is 5.95 Å². The summed E-state index contributed by atoms with van der Waals surface area (Å²) in [6.07, 6.45) is 5.90. The molecule has 0 aliphatic carbocycles. The van der Waals surface area contributed by atoms with Crippen LogP contribution in [0.4, 0.5) is 5.95 Å². The predicted octanol–water partition coefficient (Wildman–Crippen LogP) is 1.83. The number of hydrogen-bond donors (Lipinski definition) is 1. The van der Waals surface area contributed by atoms with Crippen LogP contribution in [0.5, 0.6) is 0 Å². The highest BCUT2D eigenvalue weighted by atomic mass is 15.2. The van der Waals surface area contributed by atoms with E-state index in [1.165, 1.54) is 0 Å². The summed E-state index contributed by atoms with van der Waals surface area (Å²) < 4.78 is 2.03. The zero-order valence-electron chi connectivity index (χ0n) is 7.12. The second-order valence-corrected chi connectivity index (χ2v) is 2.66.